The molecule has 0 atom stereocenters. The summed E-state index contributed by atoms with van der Waals surface area (Å²) in [7, 11) is 0. The Labute approximate surface area is 271 Å². The number of aryl methyl sites for hydroxylation is 1. The molecular formula is C36H30N2O4S3. The molecule has 0 radical (unpaired) electrons. The van der Waals surface area contributed by atoms with E-state index < -0.39 is 0 Å². The summed E-state index contributed by atoms with van der Waals surface area (Å²) in [6.07, 6.45) is 7.50. The monoisotopic (exact) mass is 650 g/mol. The Balaban J connectivity index is 1.26. The number of allylic oxidation sites excluding steroid dienone is 3. The van der Waals surface area contributed by atoms with Crippen LogP contribution >= 0.6 is 34.4 Å². The molecule has 3 aromatic carbocycles. The number of nitrogens with zero attached hydrogens (tertiary/aromatic N) is 2. The van der Waals surface area contributed by atoms with Crippen LogP contribution in [0.15, 0.2) is 97.6 Å². The van der Waals surface area contributed by atoms with Gasteiger partial charge in [-0.2, -0.15) is 4.57 Å². The molecule has 3 heterocycles. The van der Waals surface area contributed by atoms with Crippen molar-refractivity contribution in [1.82, 2.24) is 0 Å². The number of hydrogen-bond acceptors (Lipinski definition) is 8. The minimum Gasteiger partial charge on any atom is -0.871 e. The molecule has 45 heavy (non-hydrogen) atoms. The Morgan fingerprint density at radius 3 is 2.36 bits per heavy atom. The number of aromatic nitrogens is 1. The Morgan fingerprint density at radius 2 is 1.58 bits per heavy atom. The van der Waals surface area contributed by atoms with Crippen LogP contribution in [0.1, 0.15) is 44.5 Å². The summed E-state index contributed by atoms with van der Waals surface area (Å²) in [6.45, 7) is 5.90. The van der Waals surface area contributed by atoms with E-state index in [-0.39, 0.29) is 44.0 Å². The maximum atomic E-state index is 13.3. The molecule has 2 aliphatic rings. The summed E-state index contributed by atoms with van der Waals surface area (Å²) >= 11 is 4.29. The Morgan fingerprint density at radius 1 is 0.844 bits per heavy atom. The summed E-state index contributed by atoms with van der Waals surface area (Å²) in [5, 5.41) is 15.3. The van der Waals surface area contributed by atoms with Crippen LogP contribution in [-0.2, 0) is 11.3 Å². The van der Waals surface area contributed by atoms with Crippen LogP contribution in [0.4, 0.5) is 5.69 Å². The summed E-state index contributed by atoms with van der Waals surface area (Å²) in [5.74, 6) is -0.600. The van der Waals surface area contributed by atoms with E-state index in [0.29, 0.717) is 9.06 Å². The van der Waals surface area contributed by atoms with Gasteiger partial charge in [0.05, 0.1) is 21.2 Å². The number of Topliss-reactive ketones (excluding diaryl/α,β-unsaturated/α-hetero) is 1. The van der Waals surface area contributed by atoms with Crippen molar-refractivity contribution in [3.8, 4) is 0 Å². The van der Waals surface area contributed by atoms with Gasteiger partial charge < -0.3 is 10.0 Å². The van der Waals surface area contributed by atoms with Gasteiger partial charge in [-0.05, 0) is 42.8 Å². The first-order valence-corrected chi connectivity index (χ1v) is 17.7. The highest BCUT2D eigenvalue weighted by molar-refractivity contribution is 8.03. The van der Waals surface area contributed by atoms with Crippen molar-refractivity contribution in [1.29, 1.82) is 0 Å². The first-order valence-electron chi connectivity index (χ1n) is 15.2. The van der Waals surface area contributed by atoms with Crippen molar-refractivity contribution in [2.24, 2.45) is 0 Å². The van der Waals surface area contributed by atoms with Crippen molar-refractivity contribution < 1.29 is 14.5 Å². The van der Waals surface area contributed by atoms with Gasteiger partial charge in [0, 0.05) is 50.2 Å². The number of thioether (sulfide) groups is 1. The minimum atomic E-state index is -0.300. The van der Waals surface area contributed by atoms with Gasteiger partial charge in [-0.25, -0.2) is 0 Å². The van der Waals surface area contributed by atoms with Crippen LogP contribution in [0.2, 0.25) is 0 Å². The van der Waals surface area contributed by atoms with Crippen molar-refractivity contribution in [3.05, 3.63) is 128 Å². The quantitative estimate of drug-likeness (QED) is 0.232. The molecule has 7 rings (SSSR count). The molecule has 0 amide bonds. The third-order valence-electron chi connectivity index (χ3n) is 8.26. The number of thiophene rings is 1. The molecule has 0 spiro atoms. The van der Waals surface area contributed by atoms with Crippen molar-refractivity contribution in [3.63, 3.8) is 0 Å². The maximum Gasteiger partial charge on any atom is 0.263 e. The van der Waals surface area contributed by atoms with Crippen LogP contribution in [0.3, 0.4) is 0 Å². The molecule has 1 aliphatic heterocycles. The van der Waals surface area contributed by atoms with Gasteiger partial charge in [0.2, 0.25) is 16.4 Å². The zero-order chi connectivity index (χ0) is 31.2. The molecule has 0 bridgehead atoms. The topological polar surface area (TPSA) is 81.4 Å². The number of ketones is 1. The zero-order valence-electron chi connectivity index (χ0n) is 24.9. The van der Waals surface area contributed by atoms with Gasteiger partial charge in [0.15, 0.2) is 12.3 Å². The van der Waals surface area contributed by atoms with Gasteiger partial charge in [-0.15, -0.1) is 11.3 Å². The molecule has 0 N–H and O–H groups in total. The Hall–Kier alpha value is -4.05. The normalized spacial score (nSPS) is 16.7. The first-order chi connectivity index (χ1) is 21.9. The average Bonchev–Trinajstić information content (AvgIpc) is 3.76. The molecule has 1 aliphatic carbocycles. The van der Waals surface area contributed by atoms with Crippen LogP contribution in [0.25, 0.3) is 21.9 Å². The van der Waals surface area contributed by atoms with Gasteiger partial charge in [-0.1, -0.05) is 79.8 Å². The molecule has 5 aromatic rings. The smallest absolute Gasteiger partial charge is 0.263 e. The number of thiazole rings is 1. The predicted octanol–water partition coefficient (Wildman–Crippen LogP) is 4.36. The predicted molar refractivity (Wildman–Crippen MR) is 181 cm³/mol. The second-order valence-corrected chi connectivity index (χ2v) is 14.4. The van der Waals surface area contributed by atoms with Crippen LogP contribution < -0.4 is 35.2 Å². The Kier molecular flexibility index (Phi) is 7.93. The van der Waals surface area contributed by atoms with E-state index in [1.54, 1.807) is 47.4 Å². The molecule has 2 aromatic heterocycles. The van der Waals surface area contributed by atoms with Crippen molar-refractivity contribution >= 4 is 67.8 Å². The number of para-hydroxylation sites is 2. The maximum absolute atomic E-state index is 13.3. The average molecular weight is 651 g/mol. The second kappa shape index (κ2) is 12.0. The number of anilines is 1. The Bertz CT molecular complexity index is 2340. The molecule has 0 saturated heterocycles. The van der Waals surface area contributed by atoms with Crippen molar-refractivity contribution in [2.75, 3.05) is 11.4 Å². The van der Waals surface area contributed by atoms with Gasteiger partial charge in [0.1, 0.15) is 4.70 Å². The molecule has 0 fully saturated rings. The minimum absolute atomic E-state index is 0.122. The molecule has 226 valence electrons. The first kappa shape index (κ1) is 29.6. The van der Waals surface area contributed by atoms with E-state index in [0.717, 1.165) is 80.9 Å². The van der Waals surface area contributed by atoms with Crippen LogP contribution in [0, 0.1) is 9.75 Å². The van der Waals surface area contributed by atoms with E-state index in [4.69, 9.17) is 0 Å². The van der Waals surface area contributed by atoms with E-state index in [9.17, 15) is 19.5 Å². The lowest BCUT2D eigenvalue weighted by atomic mass is 9.88. The van der Waals surface area contributed by atoms with Gasteiger partial charge in [0.25, 0.3) is 5.01 Å². The highest BCUT2D eigenvalue weighted by atomic mass is 32.2. The lowest BCUT2D eigenvalue weighted by molar-refractivity contribution is -0.669. The molecule has 6 nitrogen and oxygen atoms in total. The zero-order valence-corrected chi connectivity index (χ0v) is 27.4. The molecule has 0 unspecified atom stereocenters. The fourth-order valence-electron chi connectivity index (χ4n) is 5.80. The fourth-order valence-corrected chi connectivity index (χ4v) is 9.15. The number of rotatable bonds is 8. The number of carbonyl (C=O) groups is 1. The highest BCUT2D eigenvalue weighted by Gasteiger charge is 2.31. The third kappa shape index (κ3) is 5.03. The summed E-state index contributed by atoms with van der Waals surface area (Å²) in [5.41, 5.74) is 1.88. The molecule has 0 saturated carbocycles. The second-order valence-electron chi connectivity index (χ2n) is 11.2. The lowest BCUT2D eigenvalue weighted by Gasteiger charge is -2.29. The third-order valence-corrected chi connectivity index (χ3v) is 11.6. The standard InChI is InChI=1S/C36H30N2O4S3/c1-3-5-17-37-23-11-7-9-13-25(23)44-29(37)19-21-33(39)31(34(21)40)27-15-16-28(43-27)32-35(41)22(36(32)42)20-30-38(18-6-4-2)24-12-8-10-14-26(24)45-30/h7-16,19-20H,3-6,17-18H2,1-2H3. The number of benzene rings is 2. The SMILES string of the molecule is CCCCN1C(=CC2=C([O-])C(=c3ccc(=c4c(=O)c(=Cc5sc6ccccc6[n+]5CCCC)c4=O)s3)C2=O)Sc2ccccc21. The van der Waals surface area contributed by atoms with Crippen LogP contribution in [-0.4, -0.2) is 12.3 Å². The molecular weight excluding hydrogens is 621 g/mol. The number of carbonyl (C=O) groups excluding carboxylic acids is 1. The summed E-state index contributed by atoms with van der Waals surface area (Å²) < 4.78 is 4.26. The fraction of sp³-hybridized carbons (Fsp3) is 0.222. The van der Waals surface area contributed by atoms with Gasteiger partial charge >= 0.3 is 0 Å². The lowest BCUT2D eigenvalue weighted by Crippen LogP contribution is -2.50. The number of fused-ring (bicyclic) bond motifs is 2. The van der Waals surface area contributed by atoms with E-state index in [1.807, 2.05) is 36.4 Å². The number of hydrogen-bond donors (Lipinski definition) is 0. The largest absolute Gasteiger partial charge is 0.871 e. The summed E-state index contributed by atoms with van der Waals surface area (Å²) in [6, 6.07) is 19.5. The van der Waals surface area contributed by atoms with E-state index in [2.05, 4.69) is 35.4 Å². The van der Waals surface area contributed by atoms with Crippen molar-refractivity contribution in [2.45, 2.75) is 51.0 Å². The summed E-state index contributed by atoms with van der Waals surface area (Å²) in [4.78, 5) is 43.1. The van der Waals surface area contributed by atoms with E-state index in [1.165, 1.54) is 0 Å². The van der Waals surface area contributed by atoms with Gasteiger partial charge in [-0.3, -0.25) is 14.4 Å². The van der Waals surface area contributed by atoms with E-state index >= 15 is 0 Å². The van der Waals surface area contributed by atoms with Crippen LogP contribution in [0.5, 0.6) is 0 Å². The highest BCUT2D eigenvalue weighted by Crippen LogP contribution is 2.47. The molecule has 9 heteroatoms. The number of unbranched alkanes of at least 4 members (excludes halogenated alkanes) is 2.